The molecule has 0 fully saturated rings. The minimum absolute atomic E-state index is 0.670. The van der Waals surface area contributed by atoms with E-state index in [4.69, 9.17) is 9.41 Å². The zero-order valence-electron chi connectivity index (χ0n) is 38.5. The van der Waals surface area contributed by atoms with Gasteiger partial charge in [-0.2, -0.15) is 0 Å². The van der Waals surface area contributed by atoms with Gasteiger partial charge in [0.2, 0.25) is 0 Å². The van der Waals surface area contributed by atoms with Crippen LogP contribution in [0.25, 0.3) is 121 Å². The summed E-state index contributed by atoms with van der Waals surface area (Å²) in [5.41, 5.74) is 17.8. The molecular weight excluding hydrogens is 849 g/mol. The summed E-state index contributed by atoms with van der Waals surface area (Å²) in [5, 5.41) is 12.0. The Balaban J connectivity index is 0.890. The molecule has 0 radical (unpaired) electrons. The third-order valence-electron chi connectivity index (χ3n) is 14.6. The van der Waals surface area contributed by atoms with Crippen LogP contribution in [0, 0.1) is 0 Å². The molecular formula is C67H44N2O. The van der Waals surface area contributed by atoms with Crippen LogP contribution in [0.15, 0.2) is 246 Å². The first-order valence-electron chi connectivity index (χ1n) is 24.1. The van der Waals surface area contributed by atoms with E-state index in [0.717, 1.165) is 83.4 Å². The zero-order valence-corrected chi connectivity index (χ0v) is 38.5. The van der Waals surface area contributed by atoms with Gasteiger partial charge < -0.3 is 9.32 Å². The molecule has 0 atom stereocenters. The van der Waals surface area contributed by atoms with E-state index in [1.807, 2.05) is 12.1 Å². The fraction of sp³-hybridized carbons (Fsp3) is 0.0299. The molecule has 3 heteroatoms. The Hall–Kier alpha value is -9.05. The molecule has 0 saturated heterocycles. The highest BCUT2D eigenvalue weighted by atomic mass is 16.3. The van der Waals surface area contributed by atoms with E-state index in [1.165, 1.54) is 60.0 Å². The molecule has 12 aromatic carbocycles. The Morgan fingerprint density at radius 1 is 0.343 bits per heavy atom. The molecule has 1 aliphatic heterocycles. The topological polar surface area (TPSA) is 28.7 Å². The lowest BCUT2D eigenvalue weighted by Crippen LogP contribution is -2.29. The van der Waals surface area contributed by atoms with Crippen molar-refractivity contribution in [3.8, 4) is 55.6 Å². The second kappa shape index (κ2) is 16.0. The van der Waals surface area contributed by atoms with Crippen LogP contribution in [0.3, 0.4) is 0 Å². The van der Waals surface area contributed by atoms with Gasteiger partial charge in [-0.25, -0.2) is 4.99 Å². The summed E-state index contributed by atoms with van der Waals surface area (Å²) in [6.07, 6.45) is 0. The Morgan fingerprint density at radius 3 is 1.47 bits per heavy atom. The van der Waals surface area contributed by atoms with Crippen LogP contribution >= 0.6 is 0 Å². The van der Waals surface area contributed by atoms with Crippen molar-refractivity contribution in [3.05, 3.63) is 242 Å². The van der Waals surface area contributed by atoms with Crippen molar-refractivity contribution in [1.29, 1.82) is 0 Å². The molecule has 14 rings (SSSR count). The van der Waals surface area contributed by atoms with Crippen molar-refractivity contribution in [2.75, 3.05) is 18.5 Å². The van der Waals surface area contributed by atoms with Crippen molar-refractivity contribution < 1.29 is 4.42 Å². The van der Waals surface area contributed by atoms with Gasteiger partial charge in [-0.15, -0.1) is 0 Å². The van der Waals surface area contributed by atoms with Crippen LogP contribution in [0.4, 0.5) is 11.4 Å². The molecule has 0 unspecified atom stereocenters. The maximum absolute atomic E-state index is 6.45. The summed E-state index contributed by atoms with van der Waals surface area (Å²) in [6, 6.07) is 86.0. The van der Waals surface area contributed by atoms with Crippen LogP contribution in [0.5, 0.6) is 0 Å². The van der Waals surface area contributed by atoms with Gasteiger partial charge in [0.1, 0.15) is 11.2 Å². The first-order chi connectivity index (χ1) is 34.6. The quantitative estimate of drug-likeness (QED) is 0.156. The van der Waals surface area contributed by atoms with Crippen LogP contribution in [-0.4, -0.2) is 19.3 Å². The number of fused-ring (bicyclic) bond motifs is 11. The van der Waals surface area contributed by atoms with E-state index in [0.29, 0.717) is 6.54 Å². The van der Waals surface area contributed by atoms with Crippen LogP contribution < -0.4 is 4.90 Å². The monoisotopic (exact) mass is 892 g/mol. The second-order valence-corrected chi connectivity index (χ2v) is 18.7. The lowest BCUT2D eigenvalue weighted by atomic mass is 9.90. The SMILES string of the molecule is CN1CC(c2cccc(-c3cccc(-c4cccc(-c5cccc6c5oc5ccccc56)c4)c3)c2)=Nc2c1c1cc(-c3cccc4ccccc34)ccc1c1ccc(-c3cccc4ccccc34)cc21. The molecule has 0 spiro atoms. The number of likely N-dealkylation sites (N-methyl/N-ethyl adjacent to an activating group) is 1. The second-order valence-electron chi connectivity index (χ2n) is 18.7. The van der Waals surface area contributed by atoms with E-state index in [-0.39, 0.29) is 0 Å². The van der Waals surface area contributed by atoms with E-state index in [9.17, 15) is 0 Å². The lowest BCUT2D eigenvalue weighted by molar-refractivity contribution is 0.670. The highest BCUT2D eigenvalue weighted by molar-refractivity contribution is 6.24. The Labute approximate surface area is 405 Å². The summed E-state index contributed by atoms with van der Waals surface area (Å²) in [6.45, 7) is 0.670. The third-order valence-corrected chi connectivity index (χ3v) is 14.6. The number of rotatable bonds is 6. The number of nitrogens with zero attached hydrogens (tertiary/aromatic N) is 2. The molecule has 0 bridgehead atoms. The van der Waals surface area contributed by atoms with Crippen LogP contribution in [-0.2, 0) is 0 Å². The van der Waals surface area contributed by atoms with Crippen molar-refractivity contribution in [3.63, 3.8) is 0 Å². The first kappa shape index (κ1) is 40.1. The number of furan rings is 1. The minimum Gasteiger partial charge on any atom is -0.455 e. The normalized spacial score (nSPS) is 12.6. The molecule has 2 heterocycles. The summed E-state index contributed by atoms with van der Waals surface area (Å²) in [4.78, 5) is 8.15. The molecule has 3 nitrogen and oxygen atoms in total. The van der Waals surface area contributed by atoms with Crippen molar-refractivity contribution in [2.45, 2.75) is 0 Å². The summed E-state index contributed by atoms with van der Waals surface area (Å²) in [7, 11) is 2.23. The van der Waals surface area contributed by atoms with Gasteiger partial charge in [0.15, 0.2) is 0 Å². The average Bonchev–Trinajstić information content (AvgIpc) is 3.82. The Kier molecular flexibility index (Phi) is 9.18. The summed E-state index contributed by atoms with van der Waals surface area (Å²) >= 11 is 0. The highest BCUT2D eigenvalue weighted by Crippen LogP contribution is 2.49. The molecule has 0 amide bonds. The molecule has 0 aliphatic carbocycles. The predicted octanol–water partition coefficient (Wildman–Crippen LogP) is 18.1. The minimum atomic E-state index is 0.670. The maximum atomic E-state index is 6.45. The zero-order chi connectivity index (χ0) is 46.3. The number of anilines is 1. The van der Waals surface area contributed by atoms with E-state index >= 15 is 0 Å². The lowest BCUT2D eigenvalue weighted by Gasteiger charge is -2.30. The van der Waals surface area contributed by atoms with Crippen molar-refractivity contribution in [1.82, 2.24) is 0 Å². The van der Waals surface area contributed by atoms with Gasteiger partial charge >= 0.3 is 0 Å². The van der Waals surface area contributed by atoms with E-state index in [1.54, 1.807) is 0 Å². The third kappa shape index (κ3) is 6.54. The fourth-order valence-electron chi connectivity index (χ4n) is 11.2. The van der Waals surface area contributed by atoms with E-state index in [2.05, 4.69) is 236 Å². The van der Waals surface area contributed by atoms with Gasteiger partial charge in [0, 0.05) is 34.2 Å². The molecule has 0 saturated carbocycles. The van der Waals surface area contributed by atoms with Gasteiger partial charge in [0.05, 0.1) is 23.6 Å². The standard InChI is InChI=1S/C67H44N2O/c1-69-41-63(51-23-10-21-47(38-51)45-19-8-18-44(36-45)46-20-9-22-48(37-46)56-29-13-30-60-59-26-6-7-31-64(59)70-67(56)60)68-65-61-39-49(54-27-11-16-42-14-2-4-24-52(42)54)32-34-57(61)58-35-33-50(40-62(58)66(65)69)55-28-12-17-43-15-3-5-25-53(43)55/h2-40H,41H2,1H3. The van der Waals surface area contributed by atoms with Crippen molar-refractivity contribution in [2.24, 2.45) is 4.99 Å². The van der Waals surface area contributed by atoms with E-state index < -0.39 is 0 Å². The van der Waals surface area contributed by atoms with Gasteiger partial charge in [0.25, 0.3) is 0 Å². The number of aliphatic imine (C=N–C) groups is 1. The van der Waals surface area contributed by atoms with Crippen molar-refractivity contribution >= 4 is 82.1 Å². The van der Waals surface area contributed by atoms with Gasteiger partial charge in [-0.1, -0.05) is 200 Å². The number of benzene rings is 12. The molecule has 0 N–H and O–H groups in total. The summed E-state index contributed by atoms with van der Waals surface area (Å²) < 4.78 is 6.45. The smallest absolute Gasteiger partial charge is 0.143 e. The Bertz CT molecular complexity index is 4300. The summed E-state index contributed by atoms with van der Waals surface area (Å²) in [5.74, 6) is 0. The average molecular weight is 893 g/mol. The number of hydrogen-bond acceptors (Lipinski definition) is 3. The fourth-order valence-corrected chi connectivity index (χ4v) is 11.2. The molecule has 1 aromatic heterocycles. The predicted molar refractivity (Wildman–Crippen MR) is 297 cm³/mol. The molecule has 70 heavy (non-hydrogen) atoms. The number of hydrogen-bond donors (Lipinski definition) is 0. The van der Waals surface area contributed by atoms with Crippen LogP contribution in [0.1, 0.15) is 5.56 Å². The Morgan fingerprint density at radius 2 is 0.800 bits per heavy atom. The maximum Gasteiger partial charge on any atom is 0.143 e. The van der Waals surface area contributed by atoms with Crippen LogP contribution in [0.2, 0.25) is 0 Å². The first-order valence-corrected chi connectivity index (χ1v) is 24.1. The highest BCUT2D eigenvalue weighted by Gasteiger charge is 2.25. The molecule has 1 aliphatic rings. The number of para-hydroxylation sites is 2. The molecule has 328 valence electrons. The molecule has 13 aromatic rings. The largest absolute Gasteiger partial charge is 0.455 e. The van der Waals surface area contributed by atoms with Gasteiger partial charge in [-0.05, 0) is 124 Å². The van der Waals surface area contributed by atoms with Gasteiger partial charge in [-0.3, -0.25) is 0 Å².